The number of halogens is 1. The van der Waals surface area contributed by atoms with Gasteiger partial charge in [-0.05, 0) is 62.4 Å². The number of pyridine rings is 1. The molecule has 0 saturated heterocycles. The molecule has 2 rings (SSSR count). The van der Waals surface area contributed by atoms with Crippen LogP contribution in [0.1, 0.15) is 55.2 Å². The Bertz CT molecular complexity index is 701. The van der Waals surface area contributed by atoms with Crippen molar-refractivity contribution in [2.75, 3.05) is 20.8 Å². The quantitative estimate of drug-likeness (QED) is 0.447. The number of aliphatic imine (C=N–C) groups is 1. The number of methoxy groups -OCH3 is 1. The molecule has 152 valence electrons. The Morgan fingerprint density at radius 3 is 2.18 bits per heavy atom. The number of rotatable bonds is 5. The highest BCUT2D eigenvalue weighted by Crippen LogP contribution is 2.17. The molecule has 0 aliphatic rings. The summed E-state index contributed by atoms with van der Waals surface area (Å²) in [6.07, 6.45) is 3.33. The molecule has 0 fully saturated rings. The summed E-state index contributed by atoms with van der Waals surface area (Å²) in [4.78, 5) is 18.6. The second kappa shape index (κ2) is 14.7. The summed E-state index contributed by atoms with van der Waals surface area (Å²) in [6, 6.07) is 11.4. The standard InChI is InChI=1S/C10H13ClO.C10H11NO.C3H7N/c1-8(7-12-2)9-3-5-10(11)6-4-9;1-7(2)10-5-4-9(6-11-10)8(3)12;1-3-4-2/h3-6,8H,7H2,1-2H3;4-6H,1H2,2-3H3;3H,1-2H3. The Labute approximate surface area is 174 Å². The van der Waals surface area contributed by atoms with Gasteiger partial charge in [-0.3, -0.25) is 9.78 Å². The number of hydrogen-bond acceptors (Lipinski definition) is 4. The van der Waals surface area contributed by atoms with Gasteiger partial charge in [0.2, 0.25) is 0 Å². The van der Waals surface area contributed by atoms with E-state index < -0.39 is 0 Å². The molecule has 0 aliphatic heterocycles. The zero-order valence-corrected chi connectivity index (χ0v) is 18.5. The summed E-state index contributed by atoms with van der Waals surface area (Å²) in [5.41, 5.74) is 3.64. The first-order valence-corrected chi connectivity index (χ1v) is 9.38. The van der Waals surface area contributed by atoms with Crippen molar-refractivity contribution >= 4 is 29.2 Å². The number of nitrogens with zero attached hydrogens (tertiary/aromatic N) is 2. The molecule has 28 heavy (non-hydrogen) atoms. The molecule has 0 amide bonds. The lowest BCUT2D eigenvalue weighted by Crippen LogP contribution is -2.01. The predicted octanol–water partition coefficient (Wildman–Crippen LogP) is 6.11. The van der Waals surface area contributed by atoms with Crippen LogP contribution in [0.2, 0.25) is 5.02 Å². The van der Waals surface area contributed by atoms with Gasteiger partial charge in [0.25, 0.3) is 0 Å². The van der Waals surface area contributed by atoms with Crippen LogP contribution in [0, 0.1) is 0 Å². The van der Waals surface area contributed by atoms with Gasteiger partial charge < -0.3 is 9.73 Å². The number of hydrogen-bond donors (Lipinski definition) is 0. The summed E-state index contributed by atoms with van der Waals surface area (Å²) in [7, 11) is 3.46. The Morgan fingerprint density at radius 1 is 1.25 bits per heavy atom. The van der Waals surface area contributed by atoms with Crippen molar-refractivity contribution in [3.05, 3.63) is 71.0 Å². The van der Waals surface area contributed by atoms with Gasteiger partial charge in [-0.25, -0.2) is 0 Å². The molecule has 0 N–H and O–H groups in total. The molecule has 0 bridgehead atoms. The Balaban J connectivity index is 0.000000439. The van der Waals surface area contributed by atoms with Crippen LogP contribution in [0.3, 0.4) is 0 Å². The first-order valence-electron chi connectivity index (χ1n) is 9.00. The minimum atomic E-state index is 0.0377. The lowest BCUT2D eigenvalue weighted by atomic mass is 10.0. The zero-order valence-electron chi connectivity index (χ0n) is 17.7. The van der Waals surface area contributed by atoms with Crippen molar-refractivity contribution in [1.82, 2.24) is 4.98 Å². The highest BCUT2D eigenvalue weighted by Gasteiger charge is 2.03. The van der Waals surface area contributed by atoms with Crippen LogP contribution in [0.15, 0.2) is 54.2 Å². The monoisotopic (exact) mass is 402 g/mol. The fraction of sp³-hybridized carbons (Fsp3) is 0.348. The highest BCUT2D eigenvalue weighted by molar-refractivity contribution is 6.30. The summed E-state index contributed by atoms with van der Waals surface area (Å²) in [6.45, 7) is 11.9. The molecule has 0 saturated carbocycles. The average molecular weight is 403 g/mol. The summed E-state index contributed by atoms with van der Waals surface area (Å²) in [5, 5.41) is 0.781. The van der Waals surface area contributed by atoms with Gasteiger partial charge in [-0.1, -0.05) is 37.2 Å². The number of ketones is 1. The fourth-order valence-electron chi connectivity index (χ4n) is 1.99. The number of aromatic nitrogens is 1. The van der Waals surface area contributed by atoms with Crippen molar-refractivity contribution in [2.45, 2.75) is 33.6 Å². The van der Waals surface area contributed by atoms with Gasteiger partial charge in [0.15, 0.2) is 5.78 Å². The third-order valence-electron chi connectivity index (χ3n) is 3.72. The van der Waals surface area contributed by atoms with Gasteiger partial charge in [0.05, 0.1) is 12.3 Å². The van der Waals surface area contributed by atoms with Gasteiger partial charge in [0.1, 0.15) is 0 Å². The minimum absolute atomic E-state index is 0.0377. The van der Waals surface area contributed by atoms with Crippen molar-refractivity contribution in [1.29, 1.82) is 0 Å². The van der Waals surface area contributed by atoms with E-state index in [-0.39, 0.29) is 5.78 Å². The smallest absolute Gasteiger partial charge is 0.161 e. The van der Waals surface area contributed by atoms with E-state index in [1.807, 2.05) is 38.1 Å². The number of ether oxygens (including phenoxy) is 1. The molecule has 1 aromatic heterocycles. The molecule has 5 heteroatoms. The average Bonchev–Trinajstić information content (AvgIpc) is 2.69. The third kappa shape index (κ3) is 10.8. The van der Waals surface area contributed by atoms with E-state index in [4.69, 9.17) is 16.3 Å². The first-order chi connectivity index (χ1) is 13.3. The largest absolute Gasteiger partial charge is 0.384 e. The van der Waals surface area contributed by atoms with Crippen LogP contribution in [0.5, 0.6) is 0 Å². The molecule has 1 unspecified atom stereocenters. The molecule has 0 spiro atoms. The maximum atomic E-state index is 10.9. The molecule has 1 atom stereocenters. The van der Waals surface area contributed by atoms with Gasteiger partial charge in [-0.2, -0.15) is 0 Å². The normalized spacial score (nSPS) is 11.0. The molecular formula is C23H31ClN2O2. The maximum Gasteiger partial charge on any atom is 0.161 e. The minimum Gasteiger partial charge on any atom is -0.384 e. The first kappa shape index (κ1) is 25.7. The van der Waals surface area contributed by atoms with Crippen molar-refractivity contribution < 1.29 is 9.53 Å². The van der Waals surface area contributed by atoms with Crippen LogP contribution >= 0.6 is 11.6 Å². The van der Waals surface area contributed by atoms with Crippen LogP contribution in [0.4, 0.5) is 0 Å². The molecule has 1 heterocycles. The second-order valence-corrected chi connectivity index (χ2v) is 6.63. The van der Waals surface area contributed by atoms with E-state index in [9.17, 15) is 4.79 Å². The molecule has 4 nitrogen and oxygen atoms in total. The molecule has 0 radical (unpaired) electrons. The second-order valence-electron chi connectivity index (χ2n) is 6.19. The van der Waals surface area contributed by atoms with Crippen molar-refractivity contribution in [3.63, 3.8) is 0 Å². The van der Waals surface area contributed by atoms with E-state index in [1.165, 1.54) is 12.5 Å². The molecular weight excluding hydrogens is 372 g/mol. The fourth-order valence-corrected chi connectivity index (χ4v) is 2.12. The van der Waals surface area contributed by atoms with Crippen LogP contribution in [-0.2, 0) is 4.74 Å². The van der Waals surface area contributed by atoms with Crippen LogP contribution in [0.25, 0.3) is 5.57 Å². The Hall–Kier alpha value is -2.30. The van der Waals surface area contributed by atoms with Gasteiger partial charge in [0, 0.05) is 36.9 Å². The summed E-state index contributed by atoms with van der Waals surface area (Å²) >= 11 is 5.76. The number of allylic oxidation sites excluding steroid dienone is 1. The summed E-state index contributed by atoms with van der Waals surface area (Å²) in [5.74, 6) is 0.475. The zero-order chi connectivity index (χ0) is 21.5. The number of carbonyl (C=O) groups excluding carboxylic acids is 1. The van der Waals surface area contributed by atoms with Crippen LogP contribution in [-0.4, -0.2) is 37.7 Å². The van der Waals surface area contributed by atoms with E-state index in [0.29, 0.717) is 11.5 Å². The number of benzene rings is 1. The Kier molecular flexibility index (Phi) is 13.5. The molecule has 1 aromatic carbocycles. The molecule has 2 aromatic rings. The maximum absolute atomic E-state index is 10.9. The van der Waals surface area contributed by atoms with Crippen molar-refractivity contribution in [3.8, 4) is 0 Å². The van der Waals surface area contributed by atoms with E-state index in [2.05, 4.69) is 23.5 Å². The van der Waals surface area contributed by atoms with Crippen molar-refractivity contribution in [2.24, 2.45) is 4.99 Å². The lowest BCUT2D eigenvalue weighted by molar-refractivity contribution is 0.101. The number of carbonyl (C=O) groups is 1. The van der Waals surface area contributed by atoms with E-state index >= 15 is 0 Å². The lowest BCUT2D eigenvalue weighted by Gasteiger charge is -2.09. The highest BCUT2D eigenvalue weighted by atomic mass is 35.5. The molecule has 0 aliphatic carbocycles. The van der Waals surface area contributed by atoms with Gasteiger partial charge >= 0.3 is 0 Å². The SMILES string of the molecule is C=C(C)c1ccc(C(C)=O)cn1.CC=NC.COCC(C)c1ccc(Cl)cc1. The van der Waals surface area contributed by atoms with E-state index in [0.717, 1.165) is 22.9 Å². The van der Waals surface area contributed by atoms with Crippen LogP contribution < -0.4 is 0 Å². The Morgan fingerprint density at radius 2 is 1.82 bits per heavy atom. The predicted molar refractivity (Wildman–Crippen MR) is 121 cm³/mol. The number of Topliss-reactive ketones (excluding diaryl/α,β-unsaturated/α-hetero) is 1. The van der Waals surface area contributed by atoms with Gasteiger partial charge in [-0.15, -0.1) is 0 Å². The summed E-state index contributed by atoms with van der Waals surface area (Å²) < 4.78 is 5.06. The third-order valence-corrected chi connectivity index (χ3v) is 3.97. The topological polar surface area (TPSA) is 51.5 Å². The van der Waals surface area contributed by atoms with E-state index in [1.54, 1.807) is 38.7 Å².